The van der Waals surface area contributed by atoms with Gasteiger partial charge in [-0.15, -0.1) is 0 Å². The second-order valence-corrected chi connectivity index (χ2v) is 5.07. The van der Waals surface area contributed by atoms with Gasteiger partial charge in [0.1, 0.15) is 5.82 Å². The molecule has 1 amide bonds. The molecule has 0 saturated carbocycles. The number of benzene rings is 2. The molecule has 2 rings (SSSR count). The Hall–Kier alpha value is -1.89. The third-order valence-corrected chi connectivity index (χ3v) is 3.11. The Morgan fingerprint density at radius 1 is 1.10 bits per heavy atom. The highest BCUT2D eigenvalue weighted by molar-refractivity contribution is 9.10. The predicted molar refractivity (Wildman–Crippen MR) is 73.5 cm³/mol. The van der Waals surface area contributed by atoms with Crippen LogP contribution < -0.4 is 5.32 Å². The van der Waals surface area contributed by atoms with Gasteiger partial charge in [0.05, 0.1) is 11.1 Å². The van der Waals surface area contributed by atoms with Crippen LogP contribution in [0, 0.1) is 5.82 Å². The van der Waals surface area contributed by atoms with Crippen molar-refractivity contribution in [1.82, 2.24) is 0 Å². The molecule has 2 aromatic carbocycles. The summed E-state index contributed by atoms with van der Waals surface area (Å²) in [5.74, 6) is -1.59. The third kappa shape index (κ3) is 3.81. The first-order valence-electron chi connectivity index (χ1n) is 5.71. The van der Waals surface area contributed by atoms with Gasteiger partial charge in [-0.3, -0.25) is 4.79 Å². The SMILES string of the molecule is O=C(Nc1cccc(C(F)(F)F)c1)c1cc(Br)ccc1F. The van der Waals surface area contributed by atoms with Crippen LogP contribution in [-0.4, -0.2) is 5.91 Å². The second kappa shape index (κ2) is 5.85. The lowest BCUT2D eigenvalue weighted by Crippen LogP contribution is -2.14. The van der Waals surface area contributed by atoms with Crippen molar-refractivity contribution in [2.75, 3.05) is 5.32 Å². The van der Waals surface area contributed by atoms with Crippen LogP contribution >= 0.6 is 15.9 Å². The van der Waals surface area contributed by atoms with Gasteiger partial charge in [-0.25, -0.2) is 4.39 Å². The summed E-state index contributed by atoms with van der Waals surface area (Å²) in [4.78, 5) is 11.9. The summed E-state index contributed by atoms with van der Waals surface area (Å²) in [5, 5.41) is 2.24. The first-order valence-corrected chi connectivity index (χ1v) is 6.50. The molecule has 0 bridgehead atoms. The second-order valence-electron chi connectivity index (χ2n) is 4.16. The predicted octanol–water partition coefficient (Wildman–Crippen LogP) is 4.86. The fourth-order valence-corrected chi connectivity index (χ4v) is 2.00. The fourth-order valence-electron chi connectivity index (χ4n) is 1.64. The molecule has 0 fully saturated rings. The highest BCUT2D eigenvalue weighted by Crippen LogP contribution is 2.30. The molecule has 2 aromatic rings. The molecule has 110 valence electrons. The number of amides is 1. The van der Waals surface area contributed by atoms with Crippen LogP contribution in [0.5, 0.6) is 0 Å². The monoisotopic (exact) mass is 361 g/mol. The van der Waals surface area contributed by atoms with Gasteiger partial charge in [0.25, 0.3) is 5.91 Å². The van der Waals surface area contributed by atoms with E-state index >= 15 is 0 Å². The number of hydrogen-bond donors (Lipinski definition) is 1. The van der Waals surface area contributed by atoms with Crippen LogP contribution in [0.25, 0.3) is 0 Å². The maximum Gasteiger partial charge on any atom is 0.416 e. The van der Waals surface area contributed by atoms with E-state index in [0.717, 1.165) is 24.3 Å². The van der Waals surface area contributed by atoms with Crippen LogP contribution in [0.3, 0.4) is 0 Å². The number of anilines is 1. The molecule has 0 saturated heterocycles. The Balaban J connectivity index is 2.26. The topological polar surface area (TPSA) is 29.1 Å². The summed E-state index contributed by atoms with van der Waals surface area (Å²) >= 11 is 3.09. The van der Waals surface area contributed by atoms with Crippen molar-refractivity contribution in [3.63, 3.8) is 0 Å². The molecule has 0 unspecified atom stereocenters. The zero-order valence-electron chi connectivity index (χ0n) is 10.3. The molecular formula is C14H8BrF4NO. The van der Waals surface area contributed by atoms with E-state index in [2.05, 4.69) is 21.2 Å². The lowest BCUT2D eigenvalue weighted by atomic mass is 10.1. The molecular weight excluding hydrogens is 354 g/mol. The van der Waals surface area contributed by atoms with Gasteiger partial charge in [0.2, 0.25) is 0 Å². The van der Waals surface area contributed by atoms with Crippen molar-refractivity contribution in [3.05, 3.63) is 63.9 Å². The average molecular weight is 362 g/mol. The number of carbonyl (C=O) groups is 1. The van der Waals surface area contributed by atoms with Gasteiger partial charge < -0.3 is 5.32 Å². The smallest absolute Gasteiger partial charge is 0.322 e. The van der Waals surface area contributed by atoms with Crippen molar-refractivity contribution < 1.29 is 22.4 Å². The largest absolute Gasteiger partial charge is 0.416 e. The van der Waals surface area contributed by atoms with E-state index in [0.29, 0.717) is 4.47 Å². The van der Waals surface area contributed by atoms with Crippen molar-refractivity contribution in [3.8, 4) is 0 Å². The van der Waals surface area contributed by atoms with Crippen LogP contribution in [0.15, 0.2) is 46.9 Å². The number of rotatable bonds is 2. The minimum Gasteiger partial charge on any atom is -0.322 e. The highest BCUT2D eigenvalue weighted by Gasteiger charge is 2.30. The number of hydrogen-bond acceptors (Lipinski definition) is 1. The standard InChI is InChI=1S/C14H8BrF4NO/c15-9-4-5-12(16)11(7-9)13(21)20-10-3-1-2-8(6-10)14(17,18)19/h1-7H,(H,20,21). The summed E-state index contributed by atoms with van der Waals surface area (Å²) < 4.78 is 51.7. The molecule has 0 spiro atoms. The van der Waals surface area contributed by atoms with Gasteiger partial charge in [-0.05, 0) is 36.4 Å². The Bertz CT molecular complexity index is 685. The Morgan fingerprint density at radius 2 is 1.81 bits per heavy atom. The lowest BCUT2D eigenvalue weighted by Gasteiger charge is -2.10. The third-order valence-electron chi connectivity index (χ3n) is 2.62. The van der Waals surface area contributed by atoms with E-state index in [4.69, 9.17) is 0 Å². The Labute approximate surface area is 125 Å². The molecule has 0 aliphatic carbocycles. The zero-order valence-corrected chi connectivity index (χ0v) is 11.9. The van der Waals surface area contributed by atoms with Crippen LogP contribution in [-0.2, 0) is 6.18 Å². The maximum absolute atomic E-state index is 13.5. The first kappa shape index (κ1) is 15.5. The van der Waals surface area contributed by atoms with E-state index in [1.165, 1.54) is 18.2 Å². The summed E-state index contributed by atoms with van der Waals surface area (Å²) in [7, 11) is 0. The Morgan fingerprint density at radius 3 is 2.48 bits per heavy atom. The van der Waals surface area contributed by atoms with E-state index in [9.17, 15) is 22.4 Å². The Kier molecular flexibility index (Phi) is 4.32. The molecule has 2 nitrogen and oxygen atoms in total. The fraction of sp³-hybridized carbons (Fsp3) is 0.0714. The van der Waals surface area contributed by atoms with Crippen molar-refractivity contribution >= 4 is 27.5 Å². The van der Waals surface area contributed by atoms with E-state index < -0.39 is 23.5 Å². The summed E-state index contributed by atoms with van der Waals surface area (Å²) in [5.41, 5.74) is -1.22. The lowest BCUT2D eigenvalue weighted by molar-refractivity contribution is -0.137. The summed E-state index contributed by atoms with van der Waals surface area (Å²) in [6.45, 7) is 0. The maximum atomic E-state index is 13.5. The normalized spacial score (nSPS) is 11.3. The van der Waals surface area contributed by atoms with Crippen molar-refractivity contribution in [1.29, 1.82) is 0 Å². The molecule has 7 heteroatoms. The number of halogens is 5. The van der Waals surface area contributed by atoms with E-state index in [1.807, 2.05) is 0 Å². The molecule has 0 heterocycles. The quantitative estimate of drug-likeness (QED) is 0.760. The van der Waals surface area contributed by atoms with Crippen LogP contribution in [0.2, 0.25) is 0 Å². The zero-order chi connectivity index (χ0) is 15.6. The average Bonchev–Trinajstić information content (AvgIpc) is 2.41. The number of nitrogens with one attached hydrogen (secondary N) is 1. The minimum absolute atomic E-state index is 0.0609. The number of carbonyl (C=O) groups excluding carboxylic acids is 1. The summed E-state index contributed by atoms with van der Waals surface area (Å²) in [6, 6.07) is 7.88. The van der Waals surface area contributed by atoms with Gasteiger partial charge in [0.15, 0.2) is 0 Å². The highest BCUT2D eigenvalue weighted by atomic mass is 79.9. The molecule has 0 atom stereocenters. The van der Waals surface area contributed by atoms with E-state index in [1.54, 1.807) is 0 Å². The molecule has 21 heavy (non-hydrogen) atoms. The minimum atomic E-state index is -4.51. The molecule has 0 aromatic heterocycles. The van der Waals surface area contributed by atoms with Crippen molar-refractivity contribution in [2.45, 2.75) is 6.18 Å². The van der Waals surface area contributed by atoms with Gasteiger partial charge >= 0.3 is 6.18 Å². The van der Waals surface area contributed by atoms with Crippen LogP contribution in [0.1, 0.15) is 15.9 Å². The van der Waals surface area contributed by atoms with Gasteiger partial charge in [-0.2, -0.15) is 13.2 Å². The van der Waals surface area contributed by atoms with Crippen LogP contribution in [0.4, 0.5) is 23.2 Å². The molecule has 1 N–H and O–H groups in total. The van der Waals surface area contributed by atoms with Crippen molar-refractivity contribution in [2.24, 2.45) is 0 Å². The van der Waals surface area contributed by atoms with Gasteiger partial charge in [-0.1, -0.05) is 22.0 Å². The molecule has 0 radical (unpaired) electrons. The molecule has 0 aliphatic rings. The molecule has 0 aliphatic heterocycles. The van der Waals surface area contributed by atoms with Gasteiger partial charge in [0, 0.05) is 10.2 Å². The first-order chi connectivity index (χ1) is 9.77. The summed E-state index contributed by atoms with van der Waals surface area (Å²) in [6.07, 6.45) is -4.51. The number of alkyl halides is 3. The van der Waals surface area contributed by atoms with E-state index in [-0.39, 0.29) is 11.3 Å².